The Bertz CT molecular complexity index is 259. The Morgan fingerprint density at radius 2 is 2.06 bits per heavy atom. The zero-order valence-corrected chi connectivity index (χ0v) is 9.99. The quantitative estimate of drug-likeness (QED) is 0.374. The molecule has 0 N–H and O–H groups in total. The first kappa shape index (κ1) is 11.7. The van der Waals surface area contributed by atoms with Crippen LogP contribution >= 0.6 is 0 Å². The molecule has 0 aromatic carbocycles. The number of carbonyl (C=O) groups is 1. The monoisotopic (exact) mass is 222 g/mol. The lowest BCUT2D eigenvalue weighted by Crippen LogP contribution is -2.13. The minimum Gasteiger partial charge on any atom is -0.462 e. The van der Waals surface area contributed by atoms with E-state index in [-0.39, 0.29) is 18.0 Å². The van der Waals surface area contributed by atoms with Gasteiger partial charge in [-0.05, 0) is 32.1 Å². The highest BCUT2D eigenvalue weighted by Crippen LogP contribution is 2.44. The predicted octanol–water partition coefficient (Wildman–Crippen LogP) is 3.46. The molecule has 3 unspecified atom stereocenters. The third-order valence-corrected chi connectivity index (χ3v) is 4.02. The van der Waals surface area contributed by atoms with Gasteiger partial charge in [-0.3, -0.25) is 4.79 Å². The second-order valence-corrected chi connectivity index (χ2v) is 5.10. The zero-order valence-electron chi connectivity index (χ0n) is 9.99. The van der Waals surface area contributed by atoms with Crippen molar-refractivity contribution < 1.29 is 9.53 Å². The van der Waals surface area contributed by atoms with Crippen molar-refractivity contribution in [2.75, 3.05) is 0 Å². The average Bonchev–Trinajstić information content (AvgIpc) is 2.79. The van der Waals surface area contributed by atoms with Gasteiger partial charge in [-0.1, -0.05) is 25.3 Å². The van der Waals surface area contributed by atoms with E-state index in [1.54, 1.807) is 0 Å². The van der Waals surface area contributed by atoms with Crippen molar-refractivity contribution in [1.29, 1.82) is 0 Å². The van der Waals surface area contributed by atoms with E-state index in [1.807, 2.05) is 6.08 Å². The number of allylic oxidation sites excluding steroid dienone is 1. The molecular formula is C14H22O2. The molecule has 0 aromatic rings. The van der Waals surface area contributed by atoms with Crippen molar-refractivity contribution in [3.05, 3.63) is 12.7 Å². The molecule has 90 valence electrons. The summed E-state index contributed by atoms with van der Waals surface area (Å²) in [6.07, 6.45) is 11.9. The minimum atomic E-state index is 0.0768. The third kappa shape index (κ3) is 2.47. The molecule has 1 saturated carbocycles. The molecule has 2 heteroatoms. The molecular weight excluding hydrogens is 200 g/mol. The van der Waals surface area contributed by atoms with Crippen molar-refractivity contribution in [2.45, 2.75) is 57.5 Å². The molecule has 2 aliphatic rings. The summed E-state index contributed by atoms with van der Waals surface area (Å²) in [4.78, 5) is 11.4. The molecule has 0 aromatic heterocycles. The summed E-state index contributed by atoms with van der Waals surface area (Å²) in [5.41, 5.74) is 0. The number of rotatable bonds is 7. The summed E-state index contributed by atoms with van der Waals surface area (Å²) >= 11 is 0. The van der Waals surface area contributed by atoms with Crippen LogP contribution in [0, 0.1) is 11.8 Å². The van der Waals surface area contributed by atoms with Crippen molar-refractivity contribution >= 4 is 5.97 Å². The predicted molar refractivity (Wildman–Crippen MR) is 64.0 cm³/mol. The highest BCUT2D eigenvalue weighted by atomic mass is 16.6. The Morgan fingerprint density at radius 3 is 2.69 bits per heavy atom. The number of carbonyl (C=O) groups excluding carboxylic acids is 1. The van der Waals surface area contributed by atoms with Gasteiger partial charge >= 0.3 is 5.97 Å². The van der Waals surface area contributed by atoms with Crippen LogP contribution in [-0.2, 0) is 9.53 Å². The Balaban J connectivity index is 1.60. The maximum atomic E-state index is 11.4. The molecule has 2 nitrogen and oxygen atoms in total. The first-order chi connectivity index (χ1) is 7.83. The van der Waals surface area contributed by atoms with E-state index in [4.69, 9.17) is 4.74 Å². The van der Waals surface area contributed by atoms with Crippen LogP contribution in [0.3, 0.4) is 0 Å². The van der Waals surface area contributed by atoms with Gasteiger partial charge in [0.15, 0.2) is 0 Å². The van der Waals surface area contributed by atoms with Crippen LogP contribution in [0.1, 0.15) is 51.4 Å². The van der Waals surface area contributed by atoms with Crippen LogP contribution in [-0.4, -0.2) is 12.1 Å². The standard InChI is InChI=1S/C14H22O2/c1-2-3-4-5-6-7-8-11-12-9-10-13(11)16-14(12)15/h2,11-13H,1,3-10H2. The van der Waals surface area contributed by atoms with Crippen molar-refractivity contribution in [2.24, 2.45) is 11.8 Å². The lowest BCUT2D eigenvalue weighted by Gasteiger charge is -2.11. The number of ether oxygens (including phenoxy) is 1. The van der Waals surface area contributed by atoms with Gasteiger partial charge in [-0.15, -0.1) is 6.58 Å². The fraction of sp³-hybridized carbons (Fsp3) is 0.786. The number of unbranched alkanes of at least 4 members (excludes halogenated alkanes) is 4. The molecule has 2 bridgehead atoms. The van der Waals surface area contributed by atoms with E-state index in [9.17, 15) is 4.79 Å². The molecule has 2 rings (SSSR count). The largest absolute Gasteiger partial charge is 0.462 e. The maximum absolute atomic E-state index is 11.4. The van der Waals surface area contributed by atoms with Crippen molar-refractivity contribution in [3.8, 4) is 0 Å². The second kappa shape index (κ2) is 5.51. The van der Waals surface area contributed by atoms with Crippen molar-refractivity contribution in [3.63, 3.8) is 0 Å². The topological polar surface area (TPSA) is 26.3 Å². The molecule has 1 aliphatic carbocycles. The highest BCUT2D eigenvalue weighted by molar-refractivity contribution is 5.76. The van der Waals surface area contributed by atoms with E-state index < -0.39 is 0 Å². The molecule has 16 heavy (non-hydrogen) atoms. The minimum absolute atomic E-state index is 0.0768. The van der Waals surface area contributed by atoms with Crippen LogP contribution in [0.15, 0.2) is 12.7 Å². The molecule has 2 fully saturated rings. The molecule has 0 spiro atoms. The molecule has 0 radical (unpaired) electrons. The maximum Gasteiger partial charge on any atom is 0.309 e. The number of hydrogen-bond donors (Lipinski definition) is 0. The van der Waals surface area contributed by atoms with E-state index in [2.05, 4.69) is 6.58 Å². The number of esters is 1. The van der Waals surface area contributed by atoms with Gasteiger partial charge in [-0.2, -0.15) is 0 Å². The van der Waals surface area contributed by atoms with Gasteiger partial charge in [0.05, 0.1) is 5.92 Å². The van der Waals surface area contributed by atoms with Crippen molar-refractivity contribution in [1.82, 2.24) is 0 Å². The van der Waals surface area contributed by atoms with E-state index in [1.165, 1.54) is 32.1 Å². The van der Waals surface area contributed by atoms with Crippen LogP contribution in [0.4, 0.5) is 0 Å². The van der Waals surface area contributed by atoms with Gasteiger partial charge in [0.25, 0.3) is 0 Å². The van der Waals surface area contributed by atoms with E-state index in [0.29, 0.717) is 5.92 Å². The van der Waals surface area contributed by atoms with Gasteiger partial charge in [0.2, 0.25) is 0 Å². The van der Waals surface area contributed by atoms with Gasteiger partial charge in [0, 0.05) is 5.92 Å². The van der Waals surface area contributed by atoms with Crippen LogP contribution in [0.5, 0.6) is 0 Å². The van der Waals surface area contributed by atoms with Gasteiger partial charge < -0.3 is 4.74 Å². The summed E-state index contributed by atoms with van der Waals surface area (Å²) in [5.74, 6) is 0.873. The van der Waals surface area contributed by atoms with Crippen LogP contribution in [0.2, 0.25) is 0 Å². The SMILES string of the molecule is C=CCCCCCCC1C2CCC1C(=O)O2. The summed E-state index contributed by atoms with van der Waals surface area (Å²) < 4.78 is 5.32. The summed E-state index contributed by atoms with van der Waals surface area (Å²) in [5, 5.41) is 0. The normalized spacial score (nSPS) is 31.8. The van der Waals surface area contributed by atoms with Gasteiger partial charge in [-0.25, -0.2) is 0 Å². The van der Waals surface area contributed by atoms with Crippen LogP contribution < -0.4 is 0 Å². The second-order valence-electron chi connectivity index (χ2n) is 5.10. The fourth-order valence-electron chi connectivity index (χ4n) is 3.12. The number of hydrogen-bond acceptors (Lipinski definition) is 2. The number of fused-ring (bicyclic) bond motifs is 2. The molecule has 1 aliphatic heterocycles. The molecule has 3 atom stereocenters. The Hall–Kier alpha value is -0.790. The molecule has 1 saturated heterocycles. The molecule has 0 amide bonds. The Morgan fingerprint density at radius 1 is 1.25 bits per heavy atom. The Kier molecular flexibility index (Phi) is 4.03. The lowest BCUT2D eigenvalue weighted by molar-refractivity contribution is -0.147. The molecule has 1 heterocycles. The highest BCUT2D eigenvalue weighted by Gasteiger charge is 2.48. The first-order valence-electron chi connectivity index (χ1n) is 6.64. The smallest absolute Gasteiger partial charge is 0.309 e. The zero-order chi connectivity index (χ0) is 11.4. The third-order valence-electron chi connectivity index (χ3n) is 4.02. The summed E-state index contributed by atoms with van der Waals surface area (Å²) in [7, 11) is 0. The summed E-state index contributed by atoms with van der Waals surface area (Å²) in [6.45, 7) is 3.72. The lowest BCUT2D eigenvalue weighted by atomic mass is 9.91. The Labute approximate surface area is 98.1 Å². The summed E-state index contributed by atoms with van der Waals surface area (Å²) in [6, 6.07) is 0. The average molecular weight is 222 g/mol. The van der Waals surface area contributed by atoms with E-state index in [0.717, 1.165) is 19.3 Å². The first-order valence-corrected chi connectivity index (χ1v) is 6.64. The van der Waals surface area contributed by atoms with Gasteiger partial charge in [0.1, 0.15) is 6.10 Å². The van der Waals surface area contributed by atoms with Crippen LogP contribution in [0.25, 0.3) is 0 Å². The fourth-order valence-corrected chi connectivity index (χ4v) is 3.12. The van der Waals surface area contributed by atoms with E-state index >= 15 is 0 Å².